The maximum absolute atomic E-state index is 12.5. The van der Waals surface area contributed by atoms with E-state index in [1.165, 1.54) is 276 Å². The summed E-state index contributed by atoms with van der Waals surface area (Å²) in [5, 5.41) is 23.2. The quantitative estimate of drug-likeness (QED) is 0.0320. The van der Waals surface area contributed by atoms with E-state index in [9.17, 15) is 19.8 Å². The summed E-state index contributed by atoms with van der Waals surface area (Å²) in [6, 6.07) is -0.541. The second kappa shape index (κ2) is 63.6. The van der Waals surface area contributed by atoms with E-state index in [4.69, 9.17) is 4.74 Å². The van der Waals surface area contributed by atoms with E-state index < -0.39 is 12.1 Å². The molecule has 6 heteroatoms. The van der Waals surface area contributed by atoms with Crippen molar-refractivity contribution in [3.8, 4) is 0 Å². The number of rotatable bonds is 62. The smallest absolute Gasteiger partial charge is 0.305 e. The topological polar surface area (TPSA) is 95.9 Å². The molecular weight excluding hydrogens is 911 g/mol. The Balaban J connectivity index is 3.35. The molecule has 0 aromatic carbocycles. The second-order valence-corrected chi connectivity index (χ2v) is 22.8. The lowest BCUT2D eigenvalue weighted by Gasteiger charge is -2.22. The molecule has 0 rings (SSSR count). The minimum Gasteiger partial charge on any atom is -0.466 e. The fourth-order valence-corrected chi connectivity index (χ4v) is 10.3. The van der Waals surface area contributed by atoms with E-state index in [0.29, 0.717) is 25.9 Å². The monoisotopic (exact) mass is 1040 g/mol. The van der Waals surface area contributed by atoms with E-state index in [0.717, 1.165) is 51.4 Å². The van der Waals surface area contributed by atoms with Crippen LogP contribution in [0.4, 0.5) is 0 Å². The number of carbonyl (C=O) groups excluding carboxylic acids is 2. The number of allylic oxidation sites excluding steroid dienone is 6. The molecule has 0 aromatic heterocycles. The highest BCUT2D eigenvalue weighted by atomic mass is 16.5. The van der Waals surface area contributed by atoms with Crippen LogP contribution in [0.3, 0.4) is 0 Å². The summed E-state index contributed by atoms with van der Waals surface area (Å²) in [5.41, 5.74) is 0. The summed E-state index contributed by atoms with van der Waals surface area (Å²) in [6.45, 7) is 4.94. The van der Waals surface area contributed by atoms with Crippen LogP contribution in [-0.4, -0.2) is 47.4 Å². The second-order valence-electron chi connectivity index (χ2n) is 22.8. The van der Waals surface area contributed by atoms with Gasteiger partial charge in [0.15, 0.2) is 0 Å². The van der Waals surface area contributed by atoms with Crippen LogP contribution < -0.4 is 5.32 Å². The molecule has 0 fully saturated rings. The van der Waals surface area contributed by atoms with Crippen molar-refractivity contribution in [2.45, 2.75) is 373 Å². The predicted molar refractivity (Wildman–Crippen MR) is 324 cm³/mol. The van der Waals surface area contributed by atoms with Gasteiger partial charge in [0.1, 0.15) is 0 Å². The summed E-state index contributed by atoms with van der Waals surface area (Å²) in [5.74, 6) is -0.0243. The average Bonchev–Trinajstić information content (AvgIpc) is 3.40. The van der Waals surface area contributed by atoms with Gasteiger partial charge in [0.2, 0.25) is 5.91 Å². The third-order valence-corrected chi connectivity index (χ3v) is 15.4. The molecule has 0 bridgehead atoms. The van der Waals surface area contributed by atoms with Crippen LogP contribution in [-0.2, 0) is 14.3 Å². The molecule has 0 radical (unpaired) electrons. The van der Waals surface area contributed by atoms with Crippen molar-refractivity contribution < 1.29 is 24.5 Å². The standard InChI is InChI=1S/C68H129NO5/c1-3-5-7-9-11-13-15-16-17-18-28-32-35-38-42-46-50-54-58-62-68(73)74-63-59-55-51-47-43-39-36-33-30-27-25-23-21-19-20-22-24-26-29-31-34-37-41-45-49-53-57-61-67(72)69-65(64-70)66(71)60-56-52-48-44-40-14-12-10-8-6-4-2/h11,13,16-17,19-20,65-66,70-71H,3-10,12,14-15,18,21-64H2,1-2H3,(H,69,72)/b13-11-,17-16-,20-19-. The molecule has 0 saturated carbocycles. The zero-order valence-corrected chi connectivity index (χ0v) is 49.8. The number of aliphatic hydroxyl groups excluding tert-OH is 2. The Bertz CT molecular complexity index is 1200. The zero-order chi connectivity index (χ0) is 53.6. The van der Waals surface area contributed by atoms with Gasteiger partial charge in [-0.3, -0.25) is 9.59 Å². The van der Waals surface area contributed by atoms with E-state index in [1.807, 2.05) is 0 Å². The fraction of sp³-hybridized carbons (Fsp3) is 0.882. The normalized spacial score (nSPS) is 12.8. The van der Waals surface area contributed by atoms with Gasteiger partial charge in [0.05, 0.1) is 25.4 Å². The van der Waals surface area contributed by atoms with Gasteiger partial charge in [0, 0.05) is 12.8 Å². The van der Waals surface area contributed by atoms with E-state index in [-0.39, 0.29) is 18.5 Å². The Morgan fingerprint density at radius 3 is 1.07 bits per heavy atom. The SMILES string of the molecule is CCCCC/C=C\C/C=C\CCCCCCCCCCCC(=O)OCCCCCCCCCCCCCC/C=C\CCCCCCCCCCCCCC(=O)NC(CO)C(O)CCCCCCCCCCCCC. The van der Waals surface area contributed by atoms with Gasteiger partial charge in [0.25, 0.3) is 0 Å². The molecule has 0 saturated heterocycles. The molecule has 2 atom stereocenters. The van der Waals surface area contributed by atoms with Crippen molar-refractivity contribution in [2.75, 3.05) is 13.2 Å². The number of amides is 1. The Labute approximate surface area is 462 Å². The maximum Gasteiger partial charge on any atom is 0.305 e. The number of hydrogen-bond donors (Lipinski definition) is 3. The number of aliphatic hydroxyl groups is 2. The summed E-state index contributed by atoms with van der Waals surface area (Å²) in [7, 11) is 0. The van der Waals surface area contributed by atoms with Crippen molar-refractivity contribution >= 4 is 11.9 Å². The first-order valence-corrected chi connectivity index (χ1v) is 33.2. The first kappa shape index (κ1) is 72.1. The molecule has 0 aromatic rings. The maximum atomic E-state index is 12.5. The van der Waals surface area contributed by atoms with Gasteiger partial charge in [-0.25, -0.2) is 0 Å². The largest absolute Gasteiger partial charge is 0.466 e. The van der Waals surface area contributed by atoms with Crippen LogP contribution in [0.5, 0.6) is 0 Å². The molecular formula is C68H129NO5. The van der Waals surface area contributed by atoms with Crippen molar-refractivity contribution in [1.29, 1.82) is 0 Å². The highest BCUT2D eigenvalue weighted by Gasteiger charge is 2.20. The van der Waals surface area contributed by atoms with Gasteiger partial charge >= 0.3 is 5.97 Å². The van der Waals surface area contributed by atoms with E-state index in [2.05, 4.69) is 55.6 Å². The van der Waals surface area contributed by atoms with Crippen LogP contribution in [0.2, 0.25) is 0 Å². The Morgan fingerprint density at radius 1 is 0.378 bits per heavy atom. The Hall–Kier alpha value is -1.92. The molecule has 0 aliphatic heterocycles. The number of hydrogen-bond acceptors (Lipinski definition) is 5. The molecule has 436 valence electrons. The highest BCUT2D eigenvalue weighted by molar-refractivity contribution is 5.76. The third kappa shape index (κ3) is 59.3. The Kier molecular flexibility index (Phi) is 62.0. The minimum atomic E-state index is -0.663. The van der Waals surface area contributed by atoms with Gasteiger partial charge in [-0.15, -0.1) is 0 Å². The van der Waals surface area contributed by atoms with Crippen LogP contribution in [0.1, 0.15) is 361 Å². The first-order valence-electron chi connectivity index (χ1n) is 33.2. The van der Waals surface area contributed by atoms with Crippen LogP contribution in [0.25, 0.3) is 0 Å². The average molecular weight is 1040 g/mol. The molecule has 74 heavy (non-hydrogen) atoms. The van der Waals surface area contributed by atoms with Gasteiger partial charge in [-0.2, -0.15) is 0 Å². The number of esters is 1. The molecule has 2 unspecified atom stereocenters. The van der Waals surface area contributed by atoms with Crippen LogP contribution in [0.15, 0.2) is 36.5 Å². The van der Waals surface area contributed by atoms with Crippen LogP contribution >= 0.6 is 0 Å². The lowest BCUT2D eigenvalue weighted by molar-refractivity contribution is -0.143. The lowest BCUT2D eigenvalue weighted by atomic mass is 10.0. The number of unbranched alkanes of at least 4 members (excludes halogenated alkanes) is 45. The summed E-state index contributed by atoms with van der Waals surface area (Å²) >= 11 is 0. The summed E-state index contributed by atoms with van der Waals surface area (Å²) < 4.78 is 5.50. The van der Waals surface area contributed by atoms with Crippen LogP contribution in [0, 0.1) is 0 Å². The van der Waals surface area contributed by atoms with Crippen molar-refractivity contribution in [3.05, 3.63) is 36.5 Å². The molecule has 3 N–H and O–H groups in total. The van der Waals surface area contributed by atoms with Gasteiger partial charge < -0.3 is 20.3 Å². The van der Waals surface area contributed by atoms with Crippen molar-refractivity contribution in [1.82, 2.24) is 5.32 Å². The first-order chi connectivity index (χ1) is 36.5. The molecule has 0 spiro atoms. The summed E-state index contributed by atoms with van der Waals surface area (Å²) in [4.78, 5) is 24.6. The lowest BCUT2D eigenvalue weighted by Crippen LogP contribution is -2.45. The highest BCUT2D eigenvalue weighted by Crippen LogP contribution is 2.18. The molecule has 1 amide bonds. The molecule has 0 aliphatic carbocycles. The van der Waals surface area contributed by atoms with Gasteiger partial charge in [-0.1, -0.05) is 301 Å². The zero-order valence-electron chi connectivity index (χ0n) is 49.8. The minimum absolute atomic E-state index is 0.0115. The fourth-order valence-electron chi connectivity index (χ4n) is 10.3. The third-order valence-electron chi connectivity index (χ3n) is 15.4. The number of nitrogens with one attached hydrogen (secondary N) is 1. The number of carbonyl (C=O) groups is 2. The number of ether oxygens (including phenoxy) is 1. The molecule has 0 aliphatic rings. The molecule has 0 heterocycles. The van der Waals surface area contributed by atoms with E-state index >= 15 is 0 Å². The van der Waals surface area contributed by atoms with E-state index in [1.54, 1.807) is 0 Å². The van der Waals surface area contributed by atoms with Crippen molar-refractivity contribution in [2.24, 2.45) is 0 Å². The molecule has 6 nitrogen and oxygen atoms in total. The van der Waals surface area contributed by atoms with Crippen molar-refractivity contribution in [3.63, 3.8) is 0 Å². The van der Waals surface area contributed by atoms with Gasteiger partial charge in [-0.05, 0) is 83.5 Å². The Morgan fingerprint density at radius 2 is 0.676 bits per heavy atom. The summed E-state index contributed by atoms with van der Waals surface area (Å²) in [6.07, 6.45) is 80.4. The predicted octanol–water partition coefficient (Wildman–Crippen LogP) is 21.1.